The minimum absolute atomic E-state index is 0.199. The summed E-state index contributed by atoms with van der Waals surface area (Å²) in [4.78, 5) is 39.0. The molecule has 5 rings (SSSR count). The highest BCUT2D eigenvalue weighted by Gasteiger charge is 2.49. The Hall–Kier alpha value is -3.09. The van der Waals surface area contributed by atoms with E-state index in [1.807, 2.05) is 0 Å². The zero-order chi connectivity index (χ0) is 30.0. The van der Waals surface area contributed by atoms with E-state index in [2.05, 4.69) is 15.2 Å². The topological polar surface area (TPSA) is 118 Å². The van der Waals surface area contributed by atoms with Crippen molar-refractivity contribution in [1.29, 1.82) is 0 Å². The summed E-state index contributed by atoms with van der Waals surface area (Å²) in [5, 5.41) is 0.620. The zero-order valence-corrected chi connectivity index (χ0v) is 24.9. The van der Waals surface area contributed by atoms with Crippen LogP contribution in [0.2, 0.25) is 10.0 Å². The molecule has 0 bridgehead atoms. The van der Waals surface area contributed by atoms with Gasteiger partial charge in [-0.25, -0.2) is 23.6 Å². The van der Waals surface area contributed by atoms with Crippen LogP contribution in [0.15, 0.2) is 60.7 Å². The van der Waals surface area contributed by atoms with E-state index in [0.29, 0.717) is 34.6 Å². The van der Waals surface area contributed by atoms with Crippen molar-refractivity contribution in [2.24, 2.45) is 0 Å². The fraction of sp³-hybridized carbons (Fsp3) is 0.345. The number of fused-ring (bicyclic) bond motifs is 1. The van der Waals surface area contributed by atoms with Crippen LogP contribution < -0.4 is 10.2 Å². The summed E-state index contributed by atoms with van der Waals surface area (Å²) < 4.78 is 40.9. The third-order valence-corrected chi connectivity index (χ3v) is 8.85. The highest BCUT2D eigenvalue weighted by molar-refractivity contribution is 7.88. The van der Waals surface area contributed by atoms with Crippen molar-refractivity contribution in [3.8, 4) is 0 Å². The Morgan fingerprint density at radius 3 is 2.57 bits per heavy atom. The Balaban J connectivity index is 1.59. The Bertz CT molecular complexity index is 1610. The minimum atomic E-state index is -3.60. The molecule has 222 valence electrons. The van der Waals surface area contributed by atoms with Gasteiger partial charge in [-0.2, -0.15) is 4.39 Å². The van der Waals surface area contributed by atoms with Crippen molar-refractivity contribution in [2.45, 2.75) is 56.3 Å². The number of hydrogen-bond acceptors (Lipinski definition) is 6. The molecule has 1 saturated carbocycles. The molecular formula is C29H29Cl2FN4O5S. The van der Waals surface area contributed by atoms with Crippen LogP contribution in [0.3, 0.4) is 0 Å². The van der Waals surface area contributed by atoms with Crippen LogP contribution in [0.4, 0.5) is 4.39 Å². The highest BCUT2D eigenvalue weighted by Crippen LogP contribution is 2.47. The third-order valence-electron chi connectivity index (χ3n) is 7.56. The number of hydrogen-bond donors (Lipinski definition) is 2. The van der Waals surface area contributed by atoms with Crippen molar-refractivity contribution in [2.75, 3.05) is 6.26 Å². The lowest BCUT2D eigenvalue weighted by Gasteiger charge is -2.49. The normalized spacial score (nSPS) is 22.5. The number of carbonyl (C=O) groups excluding carboxylic acids is 2. The molecular weight excluding hydrogens is 606 g/mol. The second kappa shape index (κ2) is 12.6. The van der Waals surface area contributed by atoms with Crippen LogP contribution >= 0.6 is 23.2 Å². The van der Waals surface area contributed by atoms with Gasteiger partial charge in [0, 0.05) is 27.7 Å². The Morgan fingerprint density at radius 1 is 1.07 bits per heavy atom. The van der Waals surface area contributed by atoms with Crippen LogP contribution in [0.1, 0.15) is 64.8 Å². The molecule has 2 heterocycles. The van der Waals surface area contributed by atoms with Gasteiger partial charge in [-0.05, 0) is 54.3 Å². The summed E-state index contributed by atoms with van der Waals surface area (Å²) in [5.41, 5.74) is 3.98. The Labute approximate surface area is 253 Å². The van der Waals surface area contributed by atoms with Crippen LogP contribution in [0, 0.1) is 5.95 Å². The molecule has 0 radical (unpaired) electrons. The zero-order valence-electron chi connectivity index (χ0n) is 22.6. The van der Waals surface area contributed by atoms with Gasteiger partial charge in [-0.15, -0.1) is 0 Å². The second-order valence-electron chi connectivity index (χ2n) is 10.4. The third kappa shape index (κ3) is 6.60. The van der Waals surface area contributed by atoms with Gasteiger partial charge in [0.25, 0.3) is 11.8 Å². The van der Waals surface area contributed by atoms with Crippen LogP contribution in [-0.4, -0.2) is 48.5 Å². The molecule has 0 saturated heterocycles. The molecule has 9 nitrogen and oxygen atoms in total. The maximum absolute atomic E-state index is 14.3. The molecule has 3 aromatic rings. The van der Waals surface area contributed by atoms with E-state index < -0.39 is 45.9 Å². The molecule has 1 aliphatic carbocycles. The number of halogens is 3. The molecule has 2 aliphatic rings. The average molecular weight is 636 g/mol. The lowest BCUT2D eigenvalue weighted by molar-refractivity contribution is -0.138. The summed E-state index contributed by atoms with van der Waals surface area (Å²) in [7, 11) is -3.60. The first-order valence-corrected chi connectivity index (χ1v) is 16.0. The molecule has 2 amide bonds. The van der Waals surface area contributed by atoms with Crippen molar-refractivity contribution in [3.63, 3.8) is 0 Å². The van der Waals surface area contributed by atoms with E-state index >= 15 is 0 Å². The smallest absolute Gasteiger partial charge is 0.255 e. The molecule has 1 fully saturated rings. The first-order chi connectivity index (χ1) is 20.0. The fourth-order valence-corrected chi connectivity index (χ4v) is 7.25. The van der Waals surface area contributed by atoms with Crippen molar-refractivity contribution in [3.05, 3.63) is 99.0 Å². The number of amides is 2. The SMILES string of the molecule is CS(=O)(=O)N[C@H]1CCCCC1N1C(=O)c2ccccc2[C@@H](C(=O)NOCc2cccc(F)n2)[C@@H]1c1ccc(Cl)cc1Cl. The van der Waals surface area contributed by atoms with Crippen LogP contribution in [-0.2, 0) is 26.3 Å². The quantitative estimate of drug-likeness (QED) is 0.268. The van der Waals surface area contributed by atoms with E-state index in [1.165, 1.54) is 18.2 Å². The molecule has 1 aliphatic heterocycles. The summed E-state index contributed by atoms with van der Waals surface area (Å²) in [6, 6.07) is 13.8. The molecule has 2 N–H and O–H groups in total. The number of benzene rings is 2. The Kier molecular flexibility index (Phi) is 9.14. The average Bonchev–Trinajstić information content (AvgIpc) is 2.93. The molecule has 0 spiro atoms. The number of pyridine rings is 1. The Morgan fingerprint density at radius 2 is 1.83 bits per heavy atom. The van der Waals surface area contributed by atoms with Gasteiger partial charge in [0.2, 0.25) is 16.0 Å². The number of hydroxylamine groups is 1. The number of nitrogens with one attached hydrogen (secondary N) is 2. The summed E-state index contributed by atoms with van der Waals surface area (Å²) in [6.07, 6.45) is 3.66. The summed E-state index contributed by atoms with van der Waals surface area (Å²) in [5.74, 6) is -2.60. The van der Waals surface area contributed by atoms with E-state index in [9.17, 15) is 22.4 Å². The summed E-state index contributed by atoms with van der Waals surface area (Å²) in [6.45, 7) is -0.199. The van der Waals surface area contributed by atoms with Crippen molar-refractivity contribution < 1.29 is 27.2 Å². The van der Waals surface area contributed by atoms with Gasteiger partial charge in [-0.3, -0.25) is 14.4 Å². The number of rotatable bonds is 8. The molecule has 42 heavy (non-hydrogen) atoms. The van der Waals surface area contributed by atoms with E-state index in [4.69, 9.17) is 28.0 Å². The minimum Gasteiger partial charge on any atom is -0.326 e. The molecule has 4 atom stereocenters. The monoisotopic (exact) mass is 634 g/mol. The molecule has 1 unspecified atom stereocenters. The predicted molar refractivity (Wildman–Crippen MR) is 156 cm³/mol. The molecule has 1 aromatic heterocycles. The van der Waals surface area contributed by atoms with Crippen molar-refractivity contribution >= 4 is 45.0 Å². The maximum atomic E-state index is 14.3. The molecule has 13 heteroatoms. The van der Waals surface area contributed by atoms with E-state index in [1.54, 1.807) is 47.4 Å². The number of carbonyl (C=O) groups is 2. The van der Waals surface area contributed by atoms with Crippen molar-refractivity contribution in [1.82, 2.24) is 20.1 Å². The number of nitrogens with zero attached hydrogens (tertiary/aromatic N) is 2. The van der Waals surface area contributed by atoms with Gasteiger partial charge in [0.05, 0.1) is 23.9 Å². The summed E-state index contributed by atoms with van der Waals surface area (Å²) >= 11 is 12.9. The van der Waals surface area contributed by atoms with Crippen LogP contribution in [0.5, 0.6) is 0 Å². The maximum Gasteiger partial charge on any atom is 0.255 e. The van der Waals surface area contributed by atoms with Gasteiger partial charge in [0.1, 0.15) is 6.61 Å². The first kappa shape index (κ1) is 30.4. The van der Waals surface area contributed by atoms with Gasteiger partial charge in [0.15, 0.2) is 0 Å². The predicted octanol–water partition coefficient (Wildman–Crippen LogP) is 4.92. The first-order valence-electron chi connectivity index (χ1n) is 13.4. The fourth-order valence-electron chi connectivity index (χ4n) is 5.90. The lowest BCUT2D eigenvalue weighted by atomic mass is 9.76. The van der Waals surface area contributed by atoms with Crippen LogP contribution in [0.25, 0.3) is 0 Å². The van der Waals surface area contributed by atoms with Gasteiger partial charge in [-0.1, -0.05) is 66.4 Å². The highest BCUT2D eigenvalue weighted by atomic mass is 35.5. The lowest BCUT2D eigenvalue weighted by Crippen LogP contribution is -2.59. The number of aromatic nitrogens is 1. The standard InChI is InChI=1S/C29H29Cl2FN4O5S/c1-42(39,40)35-23-10-4-5-11-24(23)36-27(21-14-13-17(30)15-22(21)31)26(19-8-2-3-9-20(19)29(36)38)28(37)34-41-16-18-7-6-12-25(32)33-18/h2-3,6-9,12-15,23-24,26-27,35H,4-5,10-11,16H2,1H3,(H,34,37)/t23-,24?,26+,27-/m0/s1. The van der Waals surface area contributed by atoms with E-state index in [0.717, 1.165) is 19.1 Å². The number of sulfonamides is 1. The largest absolute Gasteiger partial charge is 0.326 e. The second-order valence-corrected chi connectivity index (χ2v) is 13.1. The van der Waals surface area contributed by atoms with E-state index in [-0.39, 0.29) is 23.2 Å². The van der Waals surface area contributed by atoms with Gasteiger partial charge < -0.3 is 4.90 Å². The molecule has 2 aromatic carbocycles. The van der Waals surface area contributed by atoms with Gasteiger partial charge >= 0.3 is 0 Å².